The second-order valence-corrected chi connectivity index (χ2v) is 9.83. The van der Waals surface area contributed by atoms with Crippen LogP contribution in [0, 0.1) is 11.2 Å². The Morgan fingerprint density at radius 1 is 0.974 bits per heavy atom. The van der Waals surface area contributed by atoms with Crippen LogP contribution in [0.5, 0.6) is 0 Å². The minimum atomic E-state index is -0.591. The number of fused-ring (bicyclic) bond motifs is 2. The van der Waals surface area contributed by atoms with Gasteiger partial charge >= 0.3 is 0 Å². The third-order valence-corrected chi connectivity index (χ3v) is 6.07. The molecule has 0 saturated carbocycles. The van der Waals surface area contributed by atoms with E-state index in [0.29, 0.717) is 28.3 Å². The molecule has 6 heterocycles. The van der Waals surface area contributed by atoms with Crippen LogP contribution in [-0.4, -0.2) is 46.0 Å². The number of aromatic nitrogens is 8. The number of hydrogen-bond donors (Lipinski definition) is 3. The van der Waals surface area contributed by atoms with Gasteiger partial charge in [-0.2, -0.15) is 5.10 Å². The van der Waals surface area contributed by atoms with Crippen LogP contribution < -0.4 is 5.32 Å². The number of imidazole rings is 1. The van der Waals surface area contributed by atoms with Crippen LogP contribution in [0.3, 0.4) is 0 Å². The van der Waals surface area contributed by atoms with E-state index in [1.807, 2.05) is 32.9 Å². The van der Waals surface area contributed by atoms with Crippen molar-refractivity contribution >= 4 is 33.7 Å². The third-order valence-electron chi connectivity index (χ3n) is 6.07. The van der Waals surface area contributed by atoms with Crippen molar-refractivity contribution in [3.05, 3.63) is 67.3 Å². The highest BCUT2D eigenvalue weighted by Crippen LogP contribution is 2.34. The van der Waals surface area contributed by atoms with Crippen molar-refractivity contribution < 1.29 is 9.18 Å². The van der Waals surface area contributed by atoms with E-state index in [0.717, 1.165) is 11.1 Å². The number of nitrogens with one attached hydrogen (secondary N) is 3. The zero-order valence-electron chi connectivity index (χ0n) is 20.7. The molecule has 38 heavy (non-hydrogen) atoms. The lowest BCUT2D eigenvalue weighted by Crippen LogP contribution is -2.27. The minimum absolute atomic E-state index is 0.173. The Morgan fingerprint density at radius 3 is 2.61 bits per heavy atom. The lowest BCUT2D eigenvalue weighted by Gasteiger charge is -2.17. The van der Waals surface area contributed by atoms with Gasteiger partial charge in [0.15, 0.2) is 11.5 Å². The number of anilines is 1. The second-order valence-electron chi connectivity index (χ2n) is 9.83. The zero-order chi connectivity index (χ0) is 26.4. The summed E-state index contributed by atoms with van der Waals surface area (Å²) < 4.78 is 16.0. The van der Waals surface area contributed by atoms with E-state index < -0.39 is 11.2 Å². The van der Waals surface area contributed by atoms with Crippen LogP contribution in [0.15, 0.2) is 61.4 Å². The highest BCUT2D eigenvalue weighted by atomic mass is 19.1. The first kappa shape index (κ1) is 23.3. The van der Waals surface area contributed by atoms with Gasteiger partial charge in [-0.05, 0) is 24.3 Å². The molecule has 0 unspecified atom stereocenters. The first-order valence-corrected chi connectivity index (χ1v) is 11.8. The summed E-state index contributed by atoms with van der Waals surface area (Å²) in [4.78, 5) is 37.6. The van der Waals surface area contributed by atoms with E-state index >= 15 is 4.39 Å². The summed E-state index contributed by atoms with van der Waals surface area (Å²) in [6.45, 7) is 5.43. The molecule has 0 spiro atoms. The number of amides is 1. The molecule has 0 aromatic carbocycles. The summed E-state index contributed by atoms with van der Waals surface area (Å²) in [7, 11) is 0. The first-order valence-electron chi connectivity index (χ1n) is 11.8. The van der Waals surface area contributed by atoms with Gasteiger partial charge in [-0.1, -0.05) is 20.8 Å². The fraction of sp³-hybridized carbons (Fsp3) is 0.148. The molecule has 3 N–H and O–H groups in total. The Balaban J connectivity index is 1.44. The topological polar surface area (TPSA) is 138 Å². The molecule has 1 amide bonds. The van der Waals surface area contributed by atoms with Crippen molar-refractivity contribution in [3.8, 4) is 33.9 Å². The van der Waals surface area contributed by atoms with Gasteiger partial charge in [-0.3, -0.25) is 24.8 Å². The van der Waals surface area contributed by atoms with Crippen molar-refractivity contribution in [2.75, 3.05) is 5.32 Å². The van der Waals surface area contributed by atoms with Gasteiger partial charge in [-0.25, -0.2) is 14.4 Å². The van der Waals surface area contributed by atoms with Gasteiger partial charge in [0.05, 0.1) is 28.5 Å². The summed E-state index contributed by atoms with van der Waals surface area (Å²) in [6.07, 6.45) is 9.52. The van der Waals surface area contributed by atoms with Gasteiger partial charge in [-0.15, -0.1) is 0 Å². The van der Waals surface area contributed by atoms with Crippen LogP contribution in [-0.2, 0) is 4.79 Å². The number of carbonyl (C=O) groups is 1. The number of rotatable bonds is 4. The van der Waals surface area contributed by atoms with Crippen LogP contribution in [0.1, 0.15) is 20.8 Å². The second kappa shape index (κ2) is 8.80. The van der Waals surface area contributed by atoms with E-state index in [1.54, 1.807) is 30.7 Å². The van der Waals surface area contributed by atoms with E-state index in [-0.39, 0.29) is 28.2 Å². The molecule has 10 nitrogen and oxygen atoms in total. The summed E-state index contributed by atoms with van der Waals surface area (Å²) in [5.74, 6) is -0.342. The minimum Gasteiger partial charge on any atom is -0.336 e. The Labute approximate surface area is 215 Å². The fourth-order valence-electron chi connectivity index (χ4n) is 4.06. The van der Waals surface area contributed by atoms with Crippen molar-refractivity contribution in [1.29, 1.82) is 0 Å². The third kappa shape index (κ3) is 4.03. The molecular weight excluding hydrogens is 485 g/mol. The highest BCUT2D eigenvalue weighted by molar-refractivity contribution is 5.97. The molecular formula is C27H22FN9O. The molecule has 0 aliphatic heterocycles. The number of nitrogens with zero attached hydrogens (tertiary/aromatic N) is 6. The molecule has 0 atom stereocenters. The average Bonchev–Trinajstić information content (AvgIpc) is 3.54. The maximum Gasteiger partial charge on any atom is 0.229 e. The van der Waals surface area contributed by atoms with E-state index in [2.05, 4.69) is 40.4 Å². The van der Waals surface area contributed by atoms with Gasteiger partial charge < -0.3 is 10.3 Å². The molecule has 188 valence electrons. The molecule has 0 bridgehead atoms. The standard InChI is InChI=1S/C27H22FN9O/c1-27(2,3)26(38)33-16-9-15(11-30-12-16)17-13-32-24-19(20(17)28)23(36-37-24)25-34-18-6-8-31-21(22(18)35-25)14-5-4-7-29-10-14/h4-13H,1-3H3,(H,33,38)(H,34,35)(H,32,36,37). The average molecular weight is 508 g/mol. The molecule has 0 saturated heterocycles. The molecule has 6 aromatic heterocycles. The summed E-state index contributed by atoms with van der Waals surface area (Å²) in [5, 5.41) is 10.1. The number of pyridine rings is 4. The predicted octanol–water partition coefficient (Wildman–Crippen LogP) is 5.14. The van der Waals surface area contributed by atoms with Gasteiger partial charge in [0, 0.05) is 53.1 Å². The van der Waals surface area contributed by atoms with Crippen LogP contribution in [0.4, 0.5) is 10.1 Å². The SMILES string of the molecule is CC(C)(C)C(=O)Nc1cncc(-c2cnc3[nH]nc(-c4nc5c(-c6cccnc6)nccc5[nH]4)c3c2F)c1. The number of aromatic amines is 2. The maximum absolute atomic E-state index is 16.0. The van der Waals surface area contributed by atoms with Crippen molar-refractivity contribution in [2.45, 2.75) is 20.8 Å². The quantitative estimate of drug-likeness (QED) is 0.300. The van der Waals surface area contributed by atoms with Crippen molar-refractivity contribution in [2.24, 2.45) is 5.41 Å². The molecule has 6 aromatic rings. The predicted molar refractivity (Wildman–Crippen MR) is 141 cm³/mol. The number of hydrogen-bond acceptors (Lipinski definition) is 7. The zero-order valence-corrected chi connectivity index (χ0v) is 20.7. The van der Waals surface area contributed by atoms with Crippen LogP contribution in [0.2, 0.25) is 0 Å². The van der Waals surface area contributed by atoms with Crippen molar-refractivity contribution in [1.82, 2.24) is 40.1 Å². The Morgan fingerprint density at radius 2 is 1.82 bits per heavy atom. The molecule has 0 aliphatic rings. The molecule has 0 aliphatic carbocycles. The first-order chi connectivity index (χ1) is 18.3. The lowest BCUT2D eigenvalue weighted by molar-refractivity contribution is -0.123. The lowest BCUT2D eigenvalue weighted by atomic mass is 9.95. The van der Waals surface area contributed by atoms with Crippen LogP contribution in [0.25, 0.3) is 56.0 Å². The summed E-state index contributed by atoms with van der Waals surface area (Å²) >= 11 is 0. The number of halogens is 1. The normalized spacial score (nSPS) is 11.8. The van der Waals surface area contributed by atoms with Gasteiger partial charge in [0.1, 0.15) is 17.0 Å². The Kier molecular flexibility index (Phi) is 5.41. The maximum atomic E-state index is 16.0. The largest absolute Gasteiger partial charge is 0.336 e. The van der Waals surface area contributed by atoms with E-state index in [9.17, 15) is 4.79 Å². The van der Waals surface area contributed by atoms with E-state index in [4.69, 9.17) is 4.98 Å². The number of H-pyrrole nitrogens is 2. The van der Waals surface area contributed by atoms with Crippen molar-refractivity contribution in [3.63, 3.8) is 0 Å². The van der Waals surface area contributed by atoms with Gasteiger partial charge in [0.25, 0.3) is 0 Å². The monoisotopic (exact) mass is 507 g/mol. The smallest absolute Gasteiger partial charge is 0.229 e. The van der Waals surface area contributed by atoms with Crippen LogP contribution >= 0.6 is 0 Å². The van der Waals surface area contributed by atoms with E-state index in [1.165, 1.54) is 18.6 Å². The number of carbonyl (C=O) groups excluding carboxylic acids is 1. The highest BCUT2D eigenvalue weighted by Gasteiger charge is 2.23. The molecule has 0 radical (unpaired) electrons. The summed E-state index contributed by atoms with van der Waals surface area (Å²) in [5.41, 5.74) is 3.90. The molecule has 6 rings (SSSR count). The van der Waals surface area contributed by atoms with Gasteiger partial charge in [0.2, 0.25) is 5.91 Å². The summed E-state index contributed by atoms with van der Waals surface area (Å²) in [6, 6.07) is 7.18. The Hall–Kier alpha value is -5.06. The molecule has 11 heteroatoms. The Bertz CT molecular complexity index is 1820. The fourth-order valence-corrected chi connectivity index (χ4v) is 4.06. The molecule has 0 fully saturated rings.